The number of hydrogen-bond acceptors (Lipinski definition) is 1. The van der Waals surface area contributed by atoms with Gasteiger partial charge in [-0.25, -0.2) is 4.98 Å². The van der Waals surface area contributed by atoms with Gasteiger partial charge in [-0.3, -0.25) is 0 Å². The van der Waals surface area contributed by atoms with Crippen LogP contribution in [-0.4, -0.2) is 9.55 Å². The Hall–Kier alpha value is -2.35. The van der Waals surface area contributed by atoms with Crippen LogP contribution in [0.25, 0.3) is 0 Å². The molecule has 3 aromatic rings. The van der Waals surface area contributed by atoms with Crippen molar-refractivity contribution in [2.24, 2.45) is 0 Å². The molecule has 0 aliphatic rings. The van der Waals surface area contributed by atoms with E-state index in [2.05, 4.69) is 99.1 Å². The molecule has 2 heteroatoms. The van der Waals surface area contributed by atoms with Gasteiger partial charge in [0.1, 0.15) is 5.82 Å². The number of aromatic nitrogens is 2. The monoisotopic (exact) mass is 444 g/mol. The summed E-state index contributed by atoms with van der Waals surface area (Å²) in [6, 6.07) is 22.6. The predicted molar refractivity (Wildman–Crippen MR) is 142 cm³/mol. The molecule has 178 valence electrons. The molecule has 0 spiro atoms. The Bertz CT molecular complexity index is 912. The fraction of sp³-hybridized carbons (Fsp3) is 0.516. The lowest BCUT2D eigenvalue weighted by atomic mass is 9.66. The van der Waals surface area contributed by atoms with Crippen LogP contribution in [0.15, 0.2) is 73.1 Å². The van der Waals surface area contributed by atoms with Gasteiger partial charge in [-0.15, -0.1) is 0 Å². The molecular formula is C31H44N2. The molecule has 0 aliphatic carbocycles. The smallest absolute Gasteiger partial charge is 0.112 e. The van der Waals surface area contributed by atoms with Crippen molar-refractivity contribution in [2.45, 2.75) is 103 Å². The zero-order valence-corrected chi connectivity index (χ0v) is 21.3. The average Bonchev–Trinajstić information content (AvgIpc) is 3.32. The third-order valence-corrected chi connectivity index (χ3v) is 7.28. The van der Waals surface area contributed by atoms with Crippen molar-refractivity contribution in [1.29, 1.82) is 0 Å². The fourth-order valence-electron chi connectivity index (χ4n) is 5.33. The molecule has 1 aromatic heterocycles. The van der Waals surface area contributed by atoms with Gasteiger partial charge in [-0.1, -0.05) is 119 Å². The van der Waals surface area contributed by atoms with Crippen LogP contribution in [-0.2, 0) is 11.8 Å². The lowest BCUT2D eigenvalue weighted by molar-refractivity contribution is 0.318. The number of imidazole rings is 1. The Balaban J connectivity index is 1.92. The molecule has 2 nitrogen and oxygen atoms in total. The molecule has 2 aromatic carbocycles. The van der Waals surface area contributed by atoms with Crippen molar-refractivity contribution in [3.63, 3.8) is 0 Å². The summed E-state index contributed by atoms with van der Waals surface area (Å²) in [6.07, 6.45) is 15.7. The largest absolute Gasteiger partial charge is 0.332 e. The quantitative estimate of drug-likeness (QED) is 0.227. The fourth-order valence-corrected chi connectivity index (χ4v) is 5.33. The summed E-state index contributed by atoms with van der Waals surface area (Å²) in [7, 11) is 0. The van der Waals surface area contributed by atoms with E-state index in [1.165, 1.54) is 68.3 Å². The normalized spacial score (nSPS) is 14.3. The van der Waals surface area contributed by atoms with Gasteiger partial charge in [0.05, 0.1) is 0 Å². The molecule has 0 saturated carbocycles. The minimum Gasteiger partial charge on any atom is -0.332 e. The van der Waals surface area contributed by atoms with Gasteiger partial charge >= 0.3 is 0 Å². The van der Waals surface area contributed by atoms with E-state index in [0.29, 0.717) is 12.0 Å². The summed E-state index contributed by atoms with van der Waals surface area (Å²) in [5.74, 6) is 1.62. The van der Waals surface area contributed by atoms with E-state index in [4.69, 9.17) is 4.98 Å². The second-order valence-electron chi connectivity index (χ2n) is 10.2. The summed E-state index contributed by atoms with van der Waals surface area (Å²) >= 11 is 0. The van der Waals surface area contributed by atoms with Crippen LogP contribution in [0.3, 0.4) is 0 Å². The van der Waals surface area contributed by atoms with Crippen LogP contribution in [0.2, 0.25) is 0 Å². The van der Waals surface area contributed by atoms with Gasteiger partial charge in [0.15, 0.2) is 0 Å². The molecule has 0 bridgehead atoms. The first kappa shape index (κ1) is 25.3. The van der Waals surface area contributed by atoms with Crippen LogP contribution < -0.4 is 0 Å². The van der Waals surface area contributed by atoms with Gasteiger partial charge in [0.2, 0.25) is 0 Å². The van der Waals surface area contributed by atoms with E-state index in [-0.39, 0.29) is 5.41 Å². The van der Waals surface area contributed by atoms with Crippen molar-refractivity contribution in [3.05, 3.63) is 90.0 Å². The Labute approximate surface area is 202 Å². The molecular weight excluding hydrogens is 400 g/mol. The van der Waals surface area contributed by atoms with E-state index in [9.17, 15) is 0 Å². The van der Waals surface area contributed by atoms with E-state index in [0.717, 1.165) is 6.42 Å². The maximum absolute atomic E-state index is 4.97. The van der Waals surface area contributed by atoms with E-state index < -0.39 is 0 Å². The molecule has 0 radical (unpaired) electrons. The minimum atomic E-state index is -0.0250. The molecule has 33 heavy (non-hydrogen) atoms. The molecule has 3 rings (SSSR count). The van der Waals surface area contributed by atoms with Crippen LogP contribution in [0.1, 0.15) is 108 Å². The van der Waals surface area contributed by atoms with Gasteiger partial charge in [0, 0.05) is 29.8 Å². The summed E-state index contributed by atoms with van der Waals surface area (Å²) in [5, 5.41) is 0. The lowest BCUT2D eigenvalue weighted by Gasteiger charge is -2.39. The number of unbranched alkanes of at least 4 members (excludes halogenated alkanes) is 6. The maximum Gasteiger partial charge on any atom is 0.112 e. The zero-order valence-electron chi connectivity index (χ0n) is 21.3. The molecule has 0 saturated heterocycles. The standard InChI is InChI=1S/C31H44N2/c1-5-6-7-8-9-10-17-22-29(30-32-23-24-33(30)26(2)3)31(4,28-20-15-12-16-21-28)25-27-18-13-11-14-19-27/h11-16,18-21,23-24,26,29H,5-10,17,22,25H2,1-4H3. The highest BCUT2D eigenvalue weighted by atomic mass is 15.1. The Morgan fingerprint density at radius 2 is 1.42 bits per heavy atom. The highest BCUT2D eigenvalue weighted by Crippen LogP contribution is 2.44. The third kappa shape index (κ3) is 6.82. The first-order valence-corrected chi connectivity index (χ1v) is 13.2. The summed E-state index contributed by atoms with van der Waals surface area (Å²) < 4.78 is 2.40. The van der Waals surface area contributed by atoms with E-state index >= 15 is 0 Å². The summed E-state index contributed by atoms with van der Waals surface area (Å²) in [6.45, 7) is 9.30. The summed E-state index contributed by atoms with van der Waals surface area (Å²) in [4.78, 5) is 4.97. The Morgan fingerprint density at radius 1 is 0.818 bits per heavy atom. The van der Waals surface area contributed by atoms with Gasteiger partial charge < -0.3 is 4.57 Å². The summed E-state index contributed by atoms with van der Waals surface area (Å²) in [5.41, 5.74) is 2.79. The molecule has 2 atom stereocenters. The maximum atomic E-state index is 4.97. The van der Waals surface area contributed by atoms with E-state index in [1.54, 1.807) is 0 Å². The van der Waals surface area contributed by atoms with Gasteiger partial charge in [0.25, 0.3) is 0 Å². The van der Waals surface area contributed by atoms with Crippen molar-refractivity contribution in [2.75, 3.05) is 0 Å². The first-order chi connectivity index (χ1) is 16.1. The lowest BCUT2D eigenvalue weighted by Crippen LogP contribution is -2.35. The van der Waals surface area contributed by atoms with Crippen LogP contribution in [0, 0.1) is 0 Å². The van der Waals surface area contributed by atoms with Crippen molar-refractivity contribution in [1.82, 2.24) is 9.55 Å². The minimum absolute atomic E-state index is 0.0250. The van der Waals surface area contributed by atoms with Crippen LogP contribution >= 0.6 is 0 Å². The molecule has 2 unspecified atom stereocenters. The van der Waals surface area contributed by atoms with Crippen molar-refractivity contribution >= 4 is 0 Å². The Morgan fingerprint density at radius 3 is 2.06 bits per heavy atom. The van der Waals surface area contributed by atoms with Gasteiger partial charge in [-0.05, 0) is 37.8 Å². The van der Waals surface area contributed by atoms with Crippen molar-refractivity contribution < 1.29 is 0 Å². The third-order valence-electron chi connectivity index (χ3n) is 7.28. The van der Waals surface area contributed by atoms with Crippen molar-refractivity contribution in [3.8, 4) is 0 Å². The van der Waals surface area contributed by atoms with Crippen LogP contribution in [0.5, 0.6) is 0 Å². The first-order valence-electron chi connectivity index (χ1n) is 13.2. The SMILES string of the molecule is CCCCCCCCCC(c1nccn1C(C)C)C(C)(Cc1ccccc1)c1ccccc1. The average molecular weight is 445 g/mol. The molecule has 0 aliphatic heterocycles. The number of nitrogens with zero attached hydrogens (tertiary/aromatic N) is 2. The molecule has 0 N–H and O–H groups in total. The van der Waals surface area contributed by atoms with Crippen LogP contribution in [0.4, 0.5) is 0 Å². The topological polar surface area (TPSA) is 17.8 Å². The number of benzene rings is 2. The van der Waals surface area contributed by atoms with Gasteiger partial charge in [-0.2, -0.15) is 0 Å². The second-order valence-corrected chi connectivity index (χ2v) is 10.2. The number of rotatable bonds is 14. The highest BCUT2D eigenvalue weighted by Gasteiger charge is 2.39. The zero-order chi connectivity index (χ0) is 23.5. The Kier molecular flexibility index (Phi) is 9.78. The second kappa shape index (κ2) is 12.8. The highest BCUT2D eigenvalue weighted by molar-refractivity contribution is 5.33. The predicted octanol–water partition coefficient (Wildman–Crippen LogP) is 8.89. The number of hydrogen-bond donors (Lipinski definition) is 0. The molecule has 0 amide bonds. The molecule has 1 heterocycles. The molecule has 0 fully saturated rings. The van der Waals surface area contributed by atoms with E-state index in [1.807, 2.05) is 6.20 Å².